The number of hydrogen-bond donors (Lipinski definition) is 1. The zero-order valence-electron chi connectivity index (χ0n) is 25.6. The highest BCUT2D eigenvalue weighted by atomic mass is 35.5. The highest BCUT2D eigenvalue weighted by molar-refractivity contribution is 7.92. The lowest BCUT2D eigenvalue weighted by Gasteiger charge is -2.35. The summed E-state index contributed by atoms with van der Waals surface area (Å²) >= 11 is 12.8. The molecule has 46 heavy (non-hydrogen) atoms. The van der Waals surface area contributed by atoms with Gasteiger partial charge in [-0.25, -0.2) is 8.42 Å². The van der Waals surface area contributed by atoms with Crippen LogP contribution in [0, 0.1) is 6.92 Å². The van der Waals surface area contributed by atoms with Gasteiger partial charge in [0.15, 0.2) is 0 Å². The molecular formula is C36H37Cl2N3O4S. The molecule has 1 N–H and O–H groups in total. The Bertz CT molecular complexity index is 1760. The van der Waals surface area contributed by atoms with Gasteiger partial charge in [0.25, 0.3) is 10.0 Å². The fourth-order valence-corrected chi connectivity index (χ4v) is 7.79. The van der Waals surface area contributed by atoms with Crippen molar-refractivity contribution < 1.29 is 18.0 Å². The summed E-state index contributed by atoms with van der Waals surface area (Å²) in [4.78, 5) is 30.3. The zero-order valence-corrected chi connectivity index (χ0v) is 27.9. The Morgan fingerprint density at radius 2 is 1.50 bits per heavy atom. The summed E-state index contributed by atoms with van der Waals surface area (Å²) in [5.41, 5.74) is 2.41. The Morgan fingerprint density at radius 3 is 2.15 bits per heavy atom. The van der Waals surface area contributed by atoms with Crippen LogP contribution in [0.1, 0.15) is 42.4 Å². The van der Waals surface area contributed by atoms with Crippen molar-refractivity contribution in [2.75, 3.05) is 10.8 Å². The maximum atomic E-state index is 14.6. The average Bonchev–Trinajstić information content (AvgIpc) is 3.56. The topological polar surface area (TPSA) is 86.8 Å². The number of hydrogen-bond acceptors (Lipinski definition) is 4. The van der Waals surface area contributed by atoms with Gasteiger partial charge < -0.3 is 10.2 Å². The van der Waals surface area contributed by atoms with Gasteiger partial charge in [0.05, 0.1) is 10.6 Å². The third kappa shape index (κ3) is 8.10. The number of carbonyl (C=O) groups is 2. The predicted octanol–water partition coefficient (Wildman–Crippen LogP) is 7.20. The Balaban J connectivity index is 1.59. The average molecular weight is 679 g/mol. The zero-order chi connectivity index (χ0) is 32.7. The van der Waals surface area contributed by atoms with E-state index in [1.165, 1.54) is 17.0 Å². The van der Waals surface area contributed by atoms with Crippen molar-refractivity contribution in [1.82, 2.24) is 10.2 Å². The van der Waals surface area contributed by atoms with E-state index in [2.05, 4.69) is 5.32 Å². The first-order chi connectivity index (χ1) is 22.1. The normalized spacial score (nSPS) is 14.1. The highest BCUT2D eigenvalue weighted by Crippen LogP contribution is 2.30. The second-order valence-corrected chi connectivity index (χ2v) is 14.3. The lowest BCUT2D eigenvalue weighted by molar-refractivity contribution is -0.140. The number of amides is 2. The van der Waals surface area contributed by atoms with Gasteiger partial charge >= 0.3 is 0 Å². The van der Waals surface area contributed by atoms with Gasteiger partial charge in [-0.3, -0.25) is 13.9 Å². The molecular weight excluding hydrogens is 641 g/mol. The van der Waals surface area contributed by atoms with E-state index < -0.39 is 28.5 Å². The molecule has 1 unspecified atom stereocenters. The molecule has 4 aromatic carbocycles. The molecule has 0 saturated heterocycles. The molecule has 1 aliphatic rings. The van der Waals surface area contributed by atoms with Crippen LogP contribution >= 0.6 is 23.2 Å². The van der Waals surface area contributed by atoms with Crippen LogP contribution in [0.4, 0.5) is 5.69 Å². The van der Waals surface area contributed by atoms with Crippen LogP contribution in [-0.2, 0) is 32.6 Å². The Labute approximate surface area is 281 Å². The van der Waals surface area contributed by atoms with E-state index in [-0.39, 0.29) is 29.8 Å². The molecule has 1 fully saturated rings. The van der Waals surface area contributed by atoms with Gasteiger partial charge in [-0.05, 0) is 72.9 Å². The summed E-state index contributed by atoms with van der Waals surface area (Å²) in [5.74, 6) is -0.826. The molecule has 7 nitrogen and oxygen atoms in total. The van der Waals surface area contributed by atoms with Crippen molar-refractivity contribution in [2.45, 2.75) is 62.6 Å². The fraction of sp³-hybridized carbons (Fsp3) is 0.278. The van der Waals surface area contributed by atoms with Crippen molar-refractivity contribution in [1.29, 1.82) is 0 Å². The van der Waals surface area contributed by atoms with Gasteiger partial charge in [0.1, 0.15) is 12.6 Å². The summed E-state index contributed by atoms with van der Waals surface area (Å²) < 4.78 is 29.5. The minimum Gasteiger partial charge on any atom is -0.352 e. The lowest BCUT2D eigenvalue weighted by Crippen LogP contribution is -2.54. The number of nitrogens with one attached hydrogen (secondary N) is 1. The number of aryl methyl sites for hydroxylation is 1. The number of sulfonamides is 1. The number of carbonyl (C=O) groups excluding carboxylic acids is 2. The minimum absolute atomic E-state index is 0.00686. The second-order valence-electron chi connectivity index (χ2n) is 11.6. The lowest BCUT2D eigenvalue weighted by atomic mass is 10.0. The molecule has 1 atom stereocenters. The Morgan fingerprint density at radius 1 is 0.870 bits per heavy atom. The molecule has 0 aromatic heterocycles. The first-order valence-corrected chi connectivity index (χ1v) is 17.5. The summed E-state index contributed by atoms with van der Waals surface area (Å²) in [6.45, 7) is 1.20. The first kappa shape index (κ1) is 33.5. The highest BCUT2D eigenvalue weighted by Gasteiger charge is 2.36. The first-order valence-electron chi connectivity index (χ1n) is 15.3. The standard InChI is InChI=1S/C36H37Cl2N3O4S/c1-26-22-29(37)20-21-33(26)41(46(44,45)31-17-6-3-7-18-31)25-35(42)40(24-28-14-8-11-19-32(28)38)34(23-27-12-4-2-5-13-27)36(43)39-30-15-9-10-16-30/h2-8,11-14,17-22,30,34H,9-10,15-16,23-25H2,1H3,(H,39,43). The quantitative estimate of drug-likeness (QED) is 0.172. The number of rotatable bonds is 12. The summed E-state index contributed by atoms with van der Waals surface area (Å²) in [6, 6.07) is 28.6. The number of benzene rings is 4. The van der Waals surface area contributed by atoms with Crippen LogP contribution in [0.2, 0.25) is 10.0 Å². The summed E-state index contributed by atoms with van der Waals surface area (Å²) in [6.07, 6.45) is 4.05. The number of halogens is 2. The maximum Gasteiger partial charge on any atom is 0.264 e. The molecule has 2 amide bonds. The van der Waals surface area contributed by atoms with E-state index in [4.69, 9.17) is 23.2 Å². The Kier molecular flexibility index (Phi) is 11.0. The molecule has 0 bridgehead atoms. The van der Waals surface area contributed by atoms with Crippen molar-refractivity contribution >= 4 is 50.7 Å². The van der Waals surface area contributed by atoms with E-state index in [0.29, 0.717) is 26.9 Å². The van der Waals surface area contributed by atoms with Crippen LogP contribution in [0.3, 0.4) is 0 Å². The third-order valence-electron chi connectivity index (χ3n) is 8.31. The van der Waals surface area contributed by atoms with Crippen LogP contribution in [0.25, 0.3) is 0 Å². The minimum atomic E-state index is -4.21. The Hall–Kier alpha value is -3.85. The van der Waals surface area contributed by atoms with Crippen molar-refractivity contribution in [3.05, 3.63) is 130 Å². The van der Waals surface area contributed by atoms with Gasteiger partial charge in [0.2, 0.25) is 11.8 Å². The van der Waals surface area contributed by atoms with Gasteiger partial charge in [-0.2, -0.15) is 0 Å². The SMILES string of the molecule is Cc1cc(Cl)ccc1N(CC(=O)N(Cc1ccccc1Cl)C(Cc1ccccc1)C(=O)NC1CCCC1)S(=O)(=O)c1ccccc1. The number of anilines is 1. The molecule has 0 radical (unpaired) electrons. The van der Waals surface area contributed by atoms with Crippen molar-refractivity contribution in [3.63, 3.8) is 0 Å². The van der Waals surface area contributed by atoms with Gasteiger partial charge in [-0.15, -0.1) is 0 Å². The van der Waals surface area contributed by atoms with E-state index in [9.17, 15) is 18.0 Å². The monoisotopic (exact) mass is 677 g/mol. The molecule has 1 saturated carbocycles. The van der Waals surface area contributed by atoms with Crippen LogP contribution in [-0.4, -0.2) is 43.8 Å². The van der Waals surface area contributed by atoms with Crippen molar-refractivity contribution in [2.24, 2.45) is 0 Å². The smallest absolute Gasteiger partial charge is 0.264 e. The predicted molar refractivity (Wildman–Crippen MR) is 183 cm³/mol. The summed E-state index contributed by atoms with van der Waals surface area (Å²) in [7, 11) is -4.21. The van der Waals surface area contributed by atoms with E-state index in [1.807, 2.05) is 36.4 Å². The largest absolute Gasteiger partial charge is 0.352 e. The number of nitrogens with zero attached hydrogens (tertiary/aromatic N) is 2. The molecule has 0 spiro atoms. The fourth-order valence-electron chi connectivity index (χ4n) is 5.86. The van der Waals surface area contributed by atoms with E-state index in [0.717, 1.165) is 35.6 Å². The molecule has 0 heterocycles. The molecule has 10 heteroatoms. The molecule has 1 aliphatic carbocycles. The second kappa shape index (κ2) is 15.2. The van der Waals surface area contributed by atoms with E-state index >= 15 is 0 Å². The maximum absolute atomic E-state index is 14.6. The molecule has 240 valence electrons. The molecule has 0 aliphatic heterocycles. The molecule has 5 rings (SSSR count). The molecule has 4 aromatic rings. The van der Waals surface area contributed by atoms with Gasteiger partial charge in [-0.1, -0.05) is 103 Å². The van der Waals surface area contributed by atoms with Crippen LogP contribution in [0.5, 0.6) is 0 Å². The third-order valence-corrected chi connectivity index (χ3v) is 10.7. The van der Waals surface area contributed by atoms with Crippen LogP contribution < -0.4 is 9.62 Å². The van der Waals surface area contributed by atoms with E-state index in [1.54, 1.807) is 61.5 Å². The van der Waals surface area contributed by atoms with Crippen LogP contribution in [0.15, 0.2) is 108 Å². The summed E-state index contributed by atoms with van der Waals surface area (Å²) in [5, 5.41) is 4.06. The van der Waals surface area contributed by atoms with Crippen molar-refractivity contribution in [3.8, 4) is 0 Å². The van der Waals surface area contributed by atoms with Gasteiger partial charge in [0, 0.05) is 29.1 Å².